The number of fused-ring (bicyclic) bond motifs is 1. The number of thiophene rings is 1. The van der Waals surface area contributed by atoms with Crippen molar-refractivity contribution >= 4 is 17.2 Å². The van der Waals surface area contributed by atoms with Gasteiger partial charge in [-0.1, -0.05) is 0 Å². The lowest BCUT2D eigenvalue weighted by Gasteiger charge is -2.33. The van der Waals surface area contributed by atoms with Crippen molar-refractivity contribution in [3.05, 3.63) is 39.3 Å². The second-order valence-electron chi connectivity index (χ2n) is 6.78. The molecular formula is C18H23N3O2S. The molecule has 128 valence electrons. The Kier molecular flexibility index (Phi) is 4.41. The van der Waals surface area contributed by atoms with Crippen molar-refractivity contribution < 1.29 is 9.53 Å². The molecule has 2 aromatic rings. The molecule has 2 unspecified atom stereocenters. The number of hydrogen-bond acceptors (Lipinski definition) is 4. The highest BCUT2D eigenvalue weighted by Gasteiger charge is 2.30. The van der Waals surface area contributed by atoms with Gasteiger partial charge in [-0.25, -0.2) is 0 Å². The highest BCUT2D eigenvalue weighted by atomic mass is 32.1. The first kappa shape index (κ1) is 15.8. The molecular weight excluding hydrogens is 322 g/mol. The first-order valence-corrected chi connectivity index (χ1v) is 9.56. The molecule has 0 aromatic carbocycles. The third kappa shape index (κ3) is 3.13. The van der Waals surface area contributed by atoms with Crippen LogP contribution >= 0.6 is 11.3 Å². The van der Waals surface area contributed by atoms with E-state index in [9.17, 15) is 4.79 Å². The Morgan fingerprint density at radius 3 is 3.29 bits per heavy atom. The average Bonchev–Trinajstić information content (AvgIpc) is 3.24. The molecule has 1 N–H and O–H groups in total. The molecule has 0 aliphatic carbocycles. The van der Waals surface area contributed by atoms with Gasteiger partial charge < -0.3 is 9.64 Å². The molecule has 1 fully saturated rings. The van der Waals surface area contributed by atoms with Crippen molar-refractivity contribution in [2.45, 2.75) is 44.6 Å². The van der Waals surface area contributed by atoms with Crippen LogP contribution in [0.5, 0.6) is 0 Å². The molecule has 0 saturated carbocycles. The Balaban J connectivity index is 1.42. The molecule has 4 rings (SSSR count). The molecule has 0 radical (unpaired) electrons. The smallest absolute Gasteiger partial charge is 0.225 e. The zero-order chi connectivity index (χ0) is 16.5. The molecule has 2 atom stereocenters. The van der Waals surface area contributed by atoms with Crippen molar-refractivity contribution in [2.24, 2.45) is 0 Å². The number of hydrogen-bond donors (Lipinski definition) is 1. The lowest BCUT2D eigenvalue weighted by Crippen LogP contribution is -2.40. The van der Waals surface area contributed by atoms with E-state index in [0.717, 1.165) is 50.3 Å². The van der Waals surface area contributed by atoms with E-state index in [1.54, 1.807) is 11.3 Å². The predicted molar refractivity (Wildman–Crippen MR) is 93.2 cm³/mol. The zero-order valence-corrected chi connectivity index (χ0v) is 14.8. The van der Waals surface area contributed by atoms with E-state index in [-0.39, 0.29) is 12.0 Å². The summed E-state index contributed by atoms with van der Waals surface area (Å²) in [4.78, 5) is 16.0. The Hall–Kier alpha value is -1.66. The van der Waals surface area contributed by atoms with Gasteiger partial charge in [0.05, 0.1) is 18.7 Å². The molecule has 24 heavy (non-hydrogen) atoms. The first-order valence-electron chi connectivity index (χ1n) is 8.68. The summed E-state index contributed by atoms with van der Waals surface area (Å²) >= 11 is 1.71. The zero-order valence-electron chi connectivity index (χ0n) is 14.0. The largest absolute Gasteiger partial charge is 0.372 e. The van der Waals surface area contributed by atoms with Gasteiger partial charge in [-0.3, -0.25) is 9.89 Å². The Morgan fingerprint density at radius 1 is 1.54 bits per heavy atom. The summed E-state index contributed by atoms with van der Waals surface area (Å²) in [6.07, 6.45) is 3.50. The monoisotopic (exact) mass is 345 g/mol. The number of piperidine rings is 1. The Bertz CT molecular complexity index is 723. The second kappa shape index (κ2) is 6.69. The van der Waals surface area contributed by atoms with Gasteiger partial charge in [0.25, 0.3) is 0 Å². The second-order valence-corrected chi connectivity index (χ2v) is 7.73. The molecule has 2 aromatic heterocycles. The Labute approximate surface area is 146 Å². The van der Waals surface area contributed by atoms with Crippen LogP contribution in [0.2, 0.25) is 0 Å². The molecule has 6 heteroatoms. The minimum Gasteiger partial charge on any atom is -0.372 e. The standard InChI is InChI=1S/C18H23N3O2S/c1-12-9-15(20-19-12)14-3-2-6-21(11-14)17(22)10-16-18-13(4-7-23-16)5-8-24-18/h5,8-9,14,16H,2-4,6-7,10-11H2,1H3,(H,19,20). The number of likely N-dealkylation sites (tertiary alicyclic amines) is 1. The van der Waals surface area contributed by atoms with Crippen LogP contribution in [0.1, 0.15) is 53.1 Å². The van der Waals surface area contributed by atoms with Crippen molar-refractivity contribution in [3.63, 3.8) is 0 Å². The van der Waals surface area contributed by atoms with E-state index in [1.165, 1.54) is 10.4 Å². The van der Waals surface area contributed by atoms with Gasteiger partial charge >= 0.3 is 0 Å². The number of aromatic nitrogens is 2. The highest BCUT2D eigenvalue weighted by molar-refractivity contribution is 7.10. The average molecular weight is 345 g/mol. The summed E-state index contributed by atoms with van der Waals surface area (Å²) in [5.41, 5.74) is 3.52. The number of nitrogens with zero attached hydrogens (tertiary/aromatic N) is 2. The van der Waals surface area contributed by atoms with E-state index in [2.05, 4.69) is 27.7 Å². The van der Waals surface area contributed by atoms with Crippen LogP contribution in [0.15, 0.2) is 17.5 Å². The molecule has 2 aliphatic rings. The number of amides is 1. The number of nitrogens with one attached hydrogen (secondary N) is 1. The summed E-state index contributed by atoms with van der Waals surface area (Å²) in [5.74, 6) is 0.551. The summed E-state index contributed by atoms with van der Waals surface area (Å²) in [6, 6.07) is 4.26. The topological polar surface area (TPSA) is 58.2 Å². The van der Waals surface area contributed by atoms with Crippen LogP contribution < -0.4 is 0 Å². The van der Waals surface area contributed by atoms with Crippen molar-refractivity contribution in [1.82, 2.24) is 15.1 Å². The van der Waals surface area contributed by atoms with Gasteiger partial charge in [0.15, 0.2) is 0 Å². The molecule has 0 bridgehead atoms. The predicted octanol–water partition coefficient (Wildman–Crippen LogP) is 3.19. The lowest BCUT2D eigenvalue weighted by molar-refractivity contribution is -0.135. The number of carbonyl (C=O) groups is 1. The molecule has 0 spiro atoms. The lowest BCUT2D eigenvalue weighted by atomic mass is 9.94. The summed E-state index contributed by atoms with van der Waals surface area (Å²) in [6.45, 7) is 4.36. The minimum absolute atomic E-state index is 0.0609. The van der Waals surface area contributed by atoms with Crippen molar-refractivity contribution in [2.75, 3.05) is 19.7 Å². The fourth-order valence-electron chi connectivity index (χ4n) is 3.76. The van der Waals surface area contributed by atoms with Gasteiger partial charge in [-0.2, -0.15) is 5.10 Å². The third-order valence-corrected chi connectivity index (χ3v) is 6.09. The van der Waals surface area contributed by atoms with Gasteiger partial charge in [0, 0.05) is 29.6 Å². The maximum Gasteiger partial charge on any atom is 0.225 e. The maximum atomic E-state index is 12.8. The number of H-pyrrole nitrogens is 1. The van der Waals surface area contributed by atoms with Crippen LogP contribution in [0.4, 0.5) is 0 Å². The molecule has 5 nitrogen and oxygen atoms in total. The summed E-state index contributed by atoms with van der Waals surface area (Å²) in [5, 5.41) is 9.50. The van der Waals surface area contributed by atoms with Gasteiger partial charge in [0.1, 0.15) is 6.10 Å². The van der Waals surface area contributed by atoms with Crippen LogP contribution in [0.25, 0.3) is 0 Å². The van der Waals surface area contributed by atoms with Crippen molar-refractivity contribution in [3.8, 4) is 0 Å². The van der Waals surface area contributed by atoms with Gasteiger partial charge in [-0.05, 0) is 49.3 Å². The summed E-state index contributed by atoms with van der Waals surface area (Å²) in [7, 11) is 0. The number of aryl methyl sites for hydroxylation is 1. The molecule has 2 aliphatic heterocycles. The van der Waals surface area contributed by atoms with E-state index in [0.29, 0.717) is 12.3 Å². The number of ether oxygens (including phenoxy) is 1. The number of carbonyl (C=O) groups excluding carboxylic acids is 1. The van der Waals surface area contributed by atoms with E-state index >= 15 is 0 Å². The van der Waals surface area contributed by atoms with Gasteiger partial charge in [-0.15, -0.1) is 11.3 Å². The minimum atomic E-state index is -0.0609. The highest BCUT2D eigenvalue weighted by Crippen LogP contribution is 2.35. The molecule has 1 saturated heterocycles. The van der Waals surface area contributed by atoms with Crippen LogP contribution in [-0.4, -0.2) is 40.7 Å². The van der Waals surface area contributed by atoms with Crippen molar-refractivity contribution in [1.29, 1.82) is 0 Å². The van der Waals surface area contributed by atoms with E-state index in [1.807, 2.05) is 11.8 Å². The fraction of sp³-hybridized carbons (Fsp3) is 0.556. The summed E-state index contributed by atoms with van der Waals surface area (Å²) < 4.78 is 5.88. The molecule has 1 amide bonds. The first-order chi connectivity index (χ1) is 11.7. The van der Waals surface area contributed by atoms with Crippen LogP contribution in [0.3, 0.4) is 0 Å². The Morgan fingerprint density at radius 2 is 2.46 bits per heavy atom. The number of rotatable bonds is 3. The van der Waals surface area contributed by atoms with Gasteiger partial charge in [0.2, 0.25) is 5.91 Å². The van der Waals surface area contributed by atoms with Crippen LogP contribution in [-0.2, 0) is 16.0 Å². The third-order valence-electron chi connectivity index (χ3n) is 5.04. The SMILES string of the molecule is Cc1cc(C2CCCN(C(=O)CC3OCCc4ccsc43)C2)n[nH]1. The van der Waals surface area contributed by atoms with Crippen LogP contribution in [0, 0.1) is 6.92 Å². The maximum absolute atomic E-state index is 12.8. The molecule has 4 heterocycles. The normalized spacial score (nSPS) is 24.0. The van der Waals surface area contributed by atoms with E-state index in [4.69, 9.17) is 4.74 Å². The quantitative estimate of drug-likeness (QED) is 0.929. The number of aromatic amines is 1. The van der Waals surface area contributed by atoms with E-state index < -0.39 is 0 Å². The fourth-order valence-corrected chi connectivity index (χ4v) is 4.76.